The van der Waals surface area contributed by atoms with Crippen LogP contribution in [0.3, 0.4) is 0 Å². The Morgan fingerprint density at radius 2 is 2.13 bits per heavy atom. The second-order valence-electron chi connectivity index (χ2n) is 2.53. The van der Waals surface area contributed by atoms with Gasteiger partial charge in [-0.3, -0.25) is 4.79 Å². The third-order valence-electron chi connectivity index (χ3n) is 1.59. The van der Waals surface area contributed by atoms with E-state index in [-0.39, 0.29) is 10.7 Å². The normalized spacial score (nSPS) is 9.20. The number of rotatable bonds is 2. The maximum absolute atomic E-state index is 10.8. The third kappa shape index (κ3) is 2.75. The van der Waals surface area contributed by atoms with E-state index in [0.717, 1.165) is 0 Å². The topological polar surface area (TPSA) is 62.1 Å². The molecule has 0 aliphatic carbocycles. The van der Waals surface area contributed by atoms with E-state index in [0.29, 0.717) is 10.8 Å². The Bertz CT molecular complexity index is 440. The lowest BCUT2D eigenvalue weighted by Crippen LogP contribution is -2.08. The minimum absolute atomic E-state index is 0.250. The number of hydrogen-bond acceptors (Lipinski definition) is 3. The van der Waals surface area contributed by atoms with Crippen molar-refractivity contribution >= 4 is 34.8 Å². The van der Waals surface area contributed by atoms with Crippen LogP contribution in [0.4, 0.5) is 5.69 Å². The van der Waals surface area contributed by atoms with Crippen LogP contribution in [0.1, 0.15) is 0 Å². The molecule has 0 fully saturated rings. The van der Waals surface area contributed by atoms with Gasteiger partial charge in [0.05, 0.1) is 22.8 Å². The molecular weight excluding hydrogens is 239 g/mol. The Hall–Kier alpha value is -1.44. The van der Waals surface area contributed by atoms with E-state index in [2.05, 4.69) is 5.32 Å². The molecule has 0 spiro atoms. The van der Waals surface area contributed by atoms with Crippen LogP contribution >= 0.6 is 23.2 Å². The first kappa shape index (κ1) is 11.6. The minimum atomic E-state index is -0.807. The minimum Gasteiger partial charge on any atom is -0.495 e. The molecule has 1 aromatic rings. The van der Waals surface area contributed by atoms with Crippen LogP contribution < -0.4 is 10.1 Å². The van der Waals surface area contributed by atoms with Crippen molar-refractivity contribution in [1.29, 1.82) is 5.26 Å². The number of carbonyl (C=O) groups excluding carboxylic acids is 1. The maximum Gasteiger partial charge on any atom is 0.326 e. The van der Waals surface area contributed by atoms with Crippen LogP contribution in [0, 0.1) is 11.3 Å². The average molecular weight is 245 g/mol. The standard InChI is InChI=1S/C9H6Cl2N2O2/c1-15-8-3-5(10)7(2-6(8)11)13-9(14)4-12/h2-3H,1H3,(H,13,14). The second-order valence-corrected chi connectivity index (χ2v) is 3.35. The van der Waals surface area contributed by atoms with Gasteiger partial charge in [0, 0.05) is 6.07 Å². The van der Waals surface area contributed by atoms with Crippen LogP contribution in [-0.2, 0) is 4.79 Å². The van der Waals surface area contributed by atoms with Crippen LogP contribution in [0.15, 0.2) is 12.1 Å². The molecule has 0 heterocycles. The predicted molar refractivity (Wildman–Crippen MR) is 57.3 cm³/mol. The number of nitrogens with one attached hydrogen (secondary N) is 1. The van der Waals surface area contributed by atoms with Gasteiger partial charge in [-0.25, -0.2) is 0 Å². The first-order chi connectivity index (χ1) is 7.08. The first-order valence-electron chi connectivity index (χ1n) is 3.82. The molecule has 0 aliphatic heterocycles. The van der Waals surface area contributed by atoms with Crippen molar-refractivity contribution in [2.75, 3.05) is 12.4 Å². The number of halogens is 2. The van der Waals surface area contributed by atoms with Crippen molar-refractivity contribution in [2.45, 2.75) is 0 Å². The van der Waals surface area contributed by atoms with Gasteiger partial charge in [0.2, 0.25) is 0 Å². The summed E-state index contributed by atoms with van der Waals surface area (Å²) in [6.07, 6.45) is 0. The van der Waals surface area contributed by atoms with E-state index in [1.54, 1.807) is 0 Å². The highest BCUT2D eigenvalue weighted by Crippen LogP contribution is 2.33. The summed E-state index contributed by atoms with van der Waals surface area (Å²) in [4.78, 5) is 10.8. The number of methoxy groups -OCH3 is 1. The summed E-state index contributed by atoms with van der Waals surface area (Å²) < 4.78 is 4.92. The largest absolute Gasteiger partial charge is 0.495 e. The highest BCUT2D eigenvalue weighted by molar-refractivity contribution is 6.36. The van der Waals surface area contributed by atoms with E-state index >= 15 is 0 Å². The van der Waals surface area contributed by atoms with Crippen LogP contribution in [-0.4, -0.2) is 13.0 Å². The summed E-state index contributed by atoms with van der Waals surface area (Å²) in [5.41, 5.74) is 0.272. The Kier molecular flexibility index (Phi) is 3.78. The summed E-state index contributed by atoms with van der Waals surface area (Å²) in [6.45, 7) is 0. The molecule has 15 heavy (non-hydrogen) atoms. The fourth-order valence-corrected chi connectivity index (χ4v) is 1.37. The van der Waals surface area contributed by atoms with Crippen molar-refractivity contribution in [3.05, 3.63) is 22.2 Å². The molecule has 0 aromatic heterocycles. The molecule has 1 amide bonds. The molecule has 0 radical (unpaired) electrons. The number of hydrogen-bond donors (Lipinski definition) is 1. The quantitative estimate of drug-likeness (QED) is 0.814. The van der Waals surface area contributed by atoms with Gasteiger partial charge in [0.25, 0.3) is 0 Å². The summed E-state index contributed by atoms with van der Waals surface area (Å²) in [5, 5.41) is 11.1. The molecule has 0 bridgehead atoms. The maximum atomic E-state index is 10.8. The van der Waals surface area contributed by atoms with Gasteiger partial charge >= 0.3 is 5.91 Å². The average Bonchev–Trinajstić information content (AvgIpc) is 2.22. The molecule has 1 N–H and O–H groups in total. The number of amides is 1. The summed E-state index contributed by atoms with van der Waals surface area (Å²) in [7, 11) is 1.45. The summed E-state index contributed by atoms with van der Waals surface area (Å²) >= 11 is 11.6. The third-order valence-corrected chi connectivity index (χ3v) is 2.20. The zero-order valence-corrected chi connectivity index (χ0v) is 9.19. The summed E-state index contributed by atoms with van der Waals surface area (Å²) in [5.74, 6) is -0.408. The van der Waals surface area contributed by atoms with Gasteiger partial charge in [-0.15, -0.1) is 0 Å². The fourth-order valence-electron chi connectivity index (χ4n) is 0.931. The fraction of sp³-hybridized carbons (Fsp3) is 0.111. The van der Waals surface area contributed by atoms with E-state index in [9.17, 15) is 4.79 Å². The monoisotopic (exact) mass is 244 g/mol. The number of nitrogens with zero attached hydrogens (tertiary/aromatic N) is 1. The van der Waals surface area contributed by atoms with Crippen LogP contribution in [0.2, 0.25) is 10.0 Å². The van der Waals surface area contributed by atoms with Crippen molar-refractivity contribution in [3.8, 4) is 11.8 Å². The van der Waals surface area contributed by atoms with Crippen molar-refractivity contribution in [2.24, 2.45) is 0 Å². The Labute approximate surface area is 96.4 Å². The van der Waals surface area contributed by atoms with Gasteiger partial charge in [-0.2, -0.15) is 5.26 Å². The molecule has 0 atom stereocenters. The molecule has 6 heteroatoms. The number of ether oxygens (including phenoxy) is 1. The molecule has 4 nitrogen and oxygen atoms in total. The lowest BCUT2D eigenvalue weighted by Gasteiger charge is -2.08. The zero-order valence-electron chi connectivity index (χ0n) is 7.67. The SMILES string of the molecule is COc1cc(Cl)c(NC(=O)C#N)cc1Cl. The number of carbonyl (C=O) groups is 1. The molecule has 0 saturated heterocycles. The smallest absolute Gasteiger partial charge is 0.326 e. The molecular formula is C9H6Cl2N2O2. The van der Waals surface area contributed by atoms with Gasteiger partial charge in [-0.05, 0) is 6.07 Å². The number of nitriles is 1. The van der Waals surface area contributed by atoms with Crippen LogP contribution in [0.5, 0.6) is 5.75 Å². The Balaban J connectivity index is 3.06. The Morgan fingerprint density at radius 1 is 1.47 bits per heavy atom. The zero-order chi connectivity index (χ0) is 11.4. The number of anilines is 1. The number of benzene rings is 1. The highest BCUT2D eigenvalue weighted by Gasteiger charge is 2.09. The molecule has 1 aromatic carbocycles. The van der Waals surface area contributed by atoms with Gasteiger partial charge in [-0.1, -0.05) is 23.2 Å². The van der Waals surface area contributed by atoms with E-state index in [1.165, 1.54) is 25.3 Å². The Morgan fingerprint density at radius 3 is 2.67 bits per heavy atom. The molecule has 78 valence electrons. The van der Waals surface area contributed by atoms with E-state index < -0.39 is 5.91 Å². The second kappa shape index (κ2) is 4.87. The summed E-state index contributed by atoms with van der Waals surface area (Å²) in [6, 6.07) is 4.28. The van der Waals surface area contributed by atoms with Gasteiger partial charge in [0.15, 0.2) is 6.07 Å². The van der Waals surface area contributed by atoms with Gasteiger partial charge in [0.1, 0.15) is 5.75 Å². The first-order valence-corrected chi connectivity index (χ1v) is 4.58. The highest BCUT2D eigenvalue weighted by atomic mass is 35.5. The van der Waals surface area contributed by atoms with E-state index in [1.807, 2.05) is 0 Å². The van der Waals surface area contributed by atoms with Crippen molar-refractivity contribution < 1.29 is 9.53 Å². The predicted octanol–water partition coefficient (Wildman–Crippen LogP) is 2.46. The molecule has 0 aliphatic rings. The van der Waals surface area contributed by atoms with Crippen LogP contribution in [0.25, 0.3) is 0 Å². The lowest BCUT2D eigenvalue weighted by atomic mass is 10.3. The molecule has 0 unspecified atom stereocenters. The molecule has 0 saturated carbocycles. The molecule has 1 rings (SSSR count). The lowest BCUT2D eigenvalue weighted by molar-refractivity contribution is -0.111. The van der Waals surface area contributed by atoms with Crippen molar-refractivity contribution in [3.63, 3.8) is 0 Å². The van der Waals surface area contributed by atoms with Gasteiger partial charge < -0.3 is 10.1 Å². The van der Waals surface area contributed by atoms with Crippen molar-refractivity contribution in [1.82, 2.24) is 0 Å². The van der Waals surface area contributed by atoms with E-state index in [4.69, 9.17) is 33.2 Å².